The molecule has 0 aromatic heterocycles. The average Bonchev–Trinajstić information content (AvgIpc) is 1.00. The van der Waals surface area contributed by atoms with Crippen molar-refractivity contribution in [3.63, 3.8) is 0 Å². The predicted octanol–water partition coefficient (Wildman–Crippen LogP) is -0.693. The first kappa shape index (κ1) is 17.5. The second kappa shape index (κ2) is 23.2. The molecule has 0 unspecified atom stereocenters. The zero-order valence-electron chi connectivity index (χ0n) is 1.30. The molecule has 0 amide bonds. The van der Waals surface area contributed by atoms with Crippen LogP contribution in [0.25, 0.3) is 0 Å². The summed E-state index contributed by atoms with van der Waals surface area (Å²) in [6, 6.07) is 0. The van der Waals surface area contributed by atoms with Crippen molar-refractivity contribution in [2.45, 2.75) is 0 Å². The molecule has 0 heterocycles. The van der Waals surface area contributed by atoms with Crippen LogP contribution < -0.4 is 0 Å². The van der Waals surface area contributed by atoms with Gasteiger partial charge in [-0.1, -0.05) is 0 Å². The first-order valence-electron chi connectivity index (χ1n) is 0.200. The van der Waals surface area contributed by atoms with E-state index in [2.05, 4.69) is 23.3 Å². The Labute approximate surface area is 55.2 Å². The minimum atomic E-state index is 0. The first-order valence-corrected chi connectivity index (χ1v) is 1.80. The van der Waals surface area contributed by atoms with Crippen molar-refractivity contribution in [1.29, 1.82) is 0 Å². The molecule has 0 aliphatic heterocycles. The Morgan fingerprint density at radius 2 is 1.00 bits per heavy atom. The number of rotatable bonds is 0. The second-order valence-electron chi connectivity index (χ2n) is 0. The zero-order valence-corrected chi connectivity index (χ0v) is 6.02. The molecule has 0 atom stereocenters. The number of hydrogen-bond acceptors (Lipinski definition) is 2. The van der Waals surface area contributed by atoms with Gasteiger partial charge >= 0.3 is 0 Å². The maximum atomic E-state index is 3.22. The molecule has 0 radical (unpaired) electrons. The van der Waals surface area contributed by atoms with Crippen LogP contribution in [0.4, 0.5) is 0 Å². The van der Waals surface area contributed by atoms with E-state index in [1.54, 1.807) is 0 Å². The fourth-order valence-corrected chi connectivity index (χ4v) is 0. The molecule has 0 aliphatic carbocycles. The smallest absolute Gasteiger partial charge is 0 e. The van der Waals surface area contributed by atoms with Gasteiger partial charge in [0, 0.05) is 21.1 Å². The van der Waals surface area contributed by atoms with Crippen LogP contribution in [-0.2, 0) is 21.1 Å². The molecular weight excluding hydrogens is 276 g/mol. The van der Waals surface area contributed by atoms with Crippen molar-refractivity contribution < 1.29 is 21.1 Å². The van der Waals surface area contributed by atoms with Crippen molar-refractivity contribution in [2.24, 2.45) is 0 Å². The first-order chi connectivity index (χ1) is 1.00. The summed E-state index contributed by atoms with van der Waals surface area (Å²) in [4.78, 5) is 0. The van der Waals surface area contributed by atoms with E-state index >= 15 is 0 Å². The van der Waals surface area contributed by atoms with Crippen LogP contribution in [0.3, 0.4) is 0 Å². The third kappa shape index (κ3) is 9.50. The van der Waals surface area contributed by atoms with Gasteiger partial charge in [-0.15, -0.1) is 23.3 Å². The second-order valence-corrected chi connectivity index (χ2v) is 0. The number of hydrogen-bond donors (Lipinski definition) is 2. The van der Waals surface area contributed by atoms with Gasteiger partial charge in [0.05, 0.1) is 0 Å². The molecule has 0 aromatic carbocycles. The molecule has 0 nitrogen and oxygen atoms in total. The van der Waals surface area contributed by atoms with Gasteiger partial charge in [0.25, 0.3) is 0 Å². The topological polar surface area (TPSA) is 0 Å². The Morgan fingerprint density at radius 3 is 1.00 bits per heavy atom. The van der Waals surface area contributed by atoms with E-state index in [0.29, 0.717) is 0 Å². The molecular formula is H6S2SiW. The van der Waals surface area contributed by atoms with Crippen molar-refractivity contribution in [3.05, 3.63) is 0 Å². The molecule has 0 spiro atoms. The summed E-state index contributed by atoms with van der Waals surface area (Å²) in [5.74, 6) is 0. The van der Waals surface area contributed by atoms with E-state index in [-0.39, 0.29) is 32.0 Å². The van der Waals surface area contributed by atoms with Gasteiger partial charge in [0.2, 0.25) is 0 Å². The summed E-state index contributed by atoms with van der Waals surface area (Å²) in [7, 11) is 0. The summed E-state index contributed by atoms with van der Waals surface area (Å²) < 4.78 is 0. The van der Waals surface area contributed by atoms with Crippen LogP contribution in [0, 0.1) is 0 Å². The molecule has 0 saturated heterocycles. The van der Waals surface area contributed by atoms with Gasteiger partial charge in [-0.2, -0.15) is 0 Å². The Hall–Kier alpha value is 1.61. The van der Waals surface area contributed by atoms with Crippen LogP contribution in [-0.4, -0.2) is 11.0 Å². The third-order valence-electron chi connectivity index (χ3n) is 0. The Balaban J connectivity index is -0.00000000500. The monoisotopic (exact) mass is 282 g/mol. The van der Waals surface area contributed by atoms with Gasteiger partial charge in [0.15, 0.2) is 0 Å². The fourth-order valence-electron chi connectivity index (χ4n) is 0. The van der Waals surface area contributed by atoms with Crippen molar-refractivity contribution in [1.82, 2.24) is 0 Å². The molecule has 0 fully saturated rings. The predicted molar refractivity (Wildman–Crippen MR) is 29.3 cm³/mol. The molecule has 0 rings (SSSR count). The summed E-state index contributed by atoms with van der Waals surface area (Å²) in [5.41, 5.74) is 0. The van der Waals surface area contributed by atoms with E-state index in [1.165, 1.54) is 0 Å². The van der Waals surface area contributed by atoms with E-state index in [0.717, 1.165) is 0 Å². The molecule has 0 aromatic rings. The average molecular weight is 282 g/mol. The van der Waals surface area contributed by atoms with Crippen molar-refractivity contribution in [2.75, 3.05) is 0 Å². The quantitative estimate of drug-likeness (QED) is 0.328. The largest absolute Gasteiger partial charge is 0.115 e. The molecule has 0 saturated carbocycles. The van der Waals surface area contributed by atoms with Crippen LogP contribution in [0.2, 0.25) is 0 Å². The van der Waals surface area contributed by atoms with E-state index in [4.69, 9.17) is 0 Å². The number of thiol groups is 2. The summed E-state index contributed by atoms with van der Waals surface area (Å²) in [5, 5.41) is 0. The van der Waals surface area contributed by atoms with Gasteiger partial charge in [-0.05, 0) is 11.0 Å². The molecule has 4 heavy (non-hydrogen) atoms. The van der Waals surface area contributed by atoms with Gasteiger partial charge in [-0.25, -0.2) is 0 Å². The molecule has 0 N–H and O–H groups in total. The minimum Gasteiger partial charge on any atom is -0.115 e. The molecule has 4 heteroatoms. The summed E-state index contributed by atoms with van der Waals surface area (Å²) in [6.45, 7) is 0. The molecule has 0 aliphatic rings. The maximum Gasteiger partial charge on any atom is 0 e. The molecule has 28 valence electrons. The van der Waals surface area contributed by atoms with Crippen LogP contribution in [0.1, 0.15) is 0 Å². The van der Waals surface area contributed by atoms with Crippen molar-refractivity contribution >= 4 is 34.3 Å². The third-order valence-corrected chi connectivity index (χ3v) is 0. The van der Waals surface area contributed by atoms with Crippen LogP contribution in [0.5, 0.6) is 0 Å². The SMILES string of the molecule is SS.[SiH4].[W]. The maximum absolute atomic E-state index is 3.22. The van der Waals surface area contributed by atoms with E-state index in [9.17, 15) is 0 Å². The van der Waals surface area contributed by atoms with Crippen LogP contribution >= 0.6 is 23.3 Å². The van der Waals surface area contributed by atoms with Crippen LogP contribution in [0.15, 0.2) is 0 Å². The Morgan fingerprint density at radius 1 is 1.00 bits per heavy atom. The van der Waals surface area contributed by atoms with E-state index < -0.39 is 0 Å². The standard InChI is InChI=1S/H2S2.H4Si.W/c1-2;;/h1-2H;1H4;. The minimum absolute atomic E-state index is 0. The zero-order chi connectivity index (χ0) is 2.00. The Bertz CT molecular complexity index is 6.00. The van der Waals surface area contributed by atoms with Gasteiger partial charge in [0.1, 0.15) is 0 Å². The van der Waals surface area contributed by atoms with Gasteiger partial charge in [-0.3, -0.25) is 0 Å². The summed E-state index contributed by atoms with van der Waals surface area (Å²) >= 11 is 6.44. The fraction of sp³-hybridized carbons (Fsp3) is 0. The molecule has 0 bridgehead atoms. The van der Waals surface area contributed by atoms with Gasteiger partial charge < -0.3 is 0 Å². The normalized spacial score (nSPS) is 1.50. The van der Waals surface area contributed by atoms with Crippen molar-refractivity contribution in [3.8, 4) is 0 Å². The van der Waals surface area contributed by atoms with E-state index in [1.807, 2.05) is 0 Å². The Kier molecular flexibility index (Phi) is 102. The summed E-state index contributed by atoms with van der Waals surface area (Å²) in [6.07, 6.45) is 0.